The van der Waals surface area contributed by atoms with E-state index in [0.29, 0.717) is 0 Å². The lowest BCUT2D eigenvalue weighted by Crippen LogP contribution is -2.51. The molecule has 0 spiro atoms. The minimum atomic E-state index is 0.733. The highest BCUT2D eigenvalue weighted by molar-refractivity contribution is 5.11. The lowest BCUT2D eigenvalue weighted by molar-refractivity contribution is -0.00127. The van der Waals surface area contributed by atoms with Crippen molar-refractivity contribution in [2.75, 3.05) is 6.54 Å². The van der Waals surface area contributed by atoms with Gasteiger partial charge in [-0.15, -0.1) is 0 Å². The summed E-state index contributed by atoms with van der Waals surface area (Å²) in [7, 11) is 0. The fraction of sp³-hybridized carbons (Fsp3) is 1.00. The number of hydrogen-bond acceptors (Lipinski definition) is 1. The van der Waals surface area contributed by atoms with Gasteiger partial charge in [-0.1, -0.05) is 51.4 Å². The molecular weight excluding hydrogens is 302 g/mol. The summed E-state index contributed by atoms with van der Waals surface area (Å²) in [5.74, 6) is 5.36. The van der Waals surface area contributed by atoms with E-state index in [9.17, 15) is 0 Å². The average Bonchev–Trinajstić information content (AvgIpc) is 3.24. The highest BCUT2D eigenvalue weighted by Crippen LogP contribution is 2.64. The van der Waals surface area contributed by atoms with E-state index >= 15 is 0 Å². The molecule has 0 aromatic heterocycles. The predicted octanol–water partition coefficient (Wildman–Crippen LogP) is 6.32. The van der Waals surface area contributed by atoms with Crippen molar-refractivity contribution in [1.29, 1.82) is 0 Å². The van der Waals surface area contributed by atoms with E-state index in [1.165, 1.54) is 51.5 Å². The zero-order valence-corrected chi connectivity index (χ0v) is 16.5. The van der Waals surface area contributed by atoms with Crippen molar-refractivity contribution in [3.05, 3.63) is 0 Å². The van der Waals surface area contributed by atoms with Crippen LogP contribution in [0, 0.1) is 35.0 Å². The number of rotatable bonds is 2. The van der Waals surface area contributed by atoms with Crippen LogP contribution in [0.4, 0.5) is 0 Å². The third kappa shape index (κ3) is 2.82. The number of piperidine rings is 1. The van der Waals surface area contributed by atoms with Gasteiger partial charge in [-0.25, -0.2) is 0 Å². The SMILES string of the molecule is C1CCCC(C2CCCC2)(C2C3CCCCC3C3CCCNC32)CC1. The van der Waals surface area contributed by atoms with Crippen LogP contribution >= 0.6 is 0 Å². The normalized spacial score (nSPS) is 44.9. The van der Waals surface area contributed by atoms with Gasteiger partial charge < -0.3 is 5.32 Å². The first kappa shape index (κ1) is 17.1. The van der Waals surface area contributed by atoms with Gasteiger partial charge in [0, 0.05) is 6.04 Å². The van der Waals surface area contributed by atoms with Gasteiger partial charge in [-0.05, 0) is 92.9 Å². The molecule has 0 aromatic rings. The quantitative estimate of drug-likeness (QED) is 0.578. The fourth-order valence-electron chi connectivity index (χ4n) is 8.93. The summed E-state index contributed by atoms with van der Waals surface area (Å²) >= 11 is 0. The third-order valence-corrected chi connectivity index (χ3v) is 9.70. The van der Waals surface area contributed by atoms with Crippen LogP contribution in [-0.4, -0.2) is 12.6 Å². The minimum absolute atomic E-state index is 0.733. The van der Waals surface area contributed by atoms with Crippen molar-refractivity contribution in [2.45, 2.75) is 109 Å². The van der Waals surface area contributed by atoms with Crippen LogP contribution in [0.2, 0.25) is 0 Å². The Hall–Kier alpha value is -0.0400. The summed E-state index contributed by atoms with van der Waals surface area (Å²) in [6, 6.07) is 0.903. The first-order valence-corrected chi connectivity index (χ1v) is 12.1. The molecule has 0 bridgehead atoms. The average molecular weight is 344 g/mol. The first-order chi connectivity index (χ1) is 12.4. The standard InChI is InChI=1S/C24H41N/c1-2-8-16-24(15-7-1,18-10-3-4-11-18)22-20-13-6-5-12-19(20)21-14-9-17-25-23(21)22/h18-23,25H,1-17H2. The van der Waals surface area contributed by atoms with E-state index < -0.39 is 0 Å². The summed E-state index contributed by atoms with van der Waals surface area (Å²) in [5, 5.41) is 4.15. The van der Waals surface area contributed by atoms with E-state index in [1.54, 1.807) is 57.8 Å². The van der Waals surface area contributed by atoms with Gasteiger partial charge in [0.1, 0.15) is 0 Å². The molecule has 25 heavy (non-hydrogen) atoms. The lowest BCUT2D eigenvalue weighted by atomic mass is 9.56. The van der Waals surface area contributed by atoms with Crippen LogP contribution in [-0.2, 0) is 0 Å². The summed E-state index contributed by atoms with van der Waals surface area (Å²) in [5.41, 5.74) is 0.733. The summed E-state index contributed by atoms with van der Waals surface area (Å²) in [6.07, 6.45) is 24.8. The van der Waals surface area contributed by atoms with Crippen LogP contribution in [0.25, 0.3) is 0 Å². The van der Waals surface area contributed by atoms with Crippen LogP contribution in [0.3, 0.4) is 0 Å². The van der Waals surface area contributed by atoms with Crippen LogP contribution in [0.1, 0.15) is 103 Å². The molecule has 4 aliphatic carbocycles. The topological polar surface area (TPSA) is 12.0 Å². The van der Waals surface area contributed by atoms with Gasteiger partial charge in [0.25, 0.3) is 0 Å². The van der Waals surface area contributed by atoms with Gasteiger partial charge in [-0.3, -0.25) is 0 Å². The van der Waals surface area contributed by atoms with E-state index in [1.807, 2.05) is 0 Å². The van der Waals surface area contributed by atoms with E-state index in [4.69, 9.17) is 0 Å². The van der Waals surface area contributed by atoms with E-state index in [2.05, 4.69) is 5.32 Å². The Bertz CT molecular complexity index is 421. The second-order valence-electron chi connectivity index (χ2n) is 10.6. The van der Waals surface area contributed by atoms with Crippen molar-refractivity contribution >= 4 is 0 Å². The molecule has 5 fully saturated rings. The molecule has 142 valence electrons. The molecule has 1 saturated heterocycles. The lowest BCUT2D eigenvalue weighted by Gasteiger charge is -2.50. The third-order valence-electron chi connectivity index (χ3n) is 9.70. The van der Waals surface area contributed by atoms with Crippen molar-refractivity contribution in [3.63, 3.8) is 0 Å². The smallest absolute Gasteiger partial charge is 0.0134 e. The first-order valence-electron chi connectivity index (χ1n) is 12.1. The zero-order valence-electron chi connectivity index (χ0n) is 16.5. The van der Waals surface area contributed by atoms with Crippen molar-refractivity contribution in [1.82, 2.24) is 5.32 Å². The molecular formula is C24H41N. The van der Waals surface area contributed by atoms with Gasteiger partial charge in [0.15, 0.2) is 0 Å². The number of hydrogen-bond donors (Lipinski definition) is 1. The van der Waals surface area contributed by atoms with Gasteiger partial charge in [-0.2, -0.15) is 0 Å². The van der Waals surface area contributed by atoms with Crippen LogP contribution < -0.4 is 5.32 Å². The largest absolute Gasteiger partial charge is 0.313 e. The molecule has 5 atom stereocenters. The maximum atomic E-state index is 4.15. The van der Waals surface area contributed by atoms with E-state index in [0.717, 1.165) is 41.0 Å². The molecule has 5 rings (SSSR count). The maximum Gasteiger partial charge on any atom is 0.0134 e. The highest BCUT2D eigenvalue weighted by atomic mass is 15.0. The van der Waals surface area contributed by atoms with Crippen molar-refractivity contribution < 1.29 is 0 Å². The molecule has 1 N–H and O–H groups in total. The van der Waals surface area contributed by atoms with Gasteiger partial charge >= 0.3 is 0 Å². The number of fused-ring (bicyclic) bond motifs is 3. The fourth-order valence-corrected chi connectivity index (χ4v) is 8.93. The molecule has 1 heterocycles. The molecule has 0 aromatic carbocycles. The Morgan fingerprint density at radius 1 is 0.560 bits per heavy atom. The summed E-state index contributed by atoms with van der Waals surface area (Å²) in [6.45, 7) is 1.32. The molecule has 1 aliphatic heterocycles. The summed E-state index contributed by atoms with van der Waals surface area (Å²) < 4.78 is 0. The predicted molar refractivity (Wildman–Crippen MR) is 106 cm³/mol. The van der Waals surface area contributed by atoms with Gasteiger partial charge in [0.2, 0.25) is 0 Å². The highest BCUT2D eigenvalue weighted by Gasteiger charge is 2.59. The second-order valence-corrected chi connectivity index (χ2v) is 10.6. The monoisotopic (exact) mass is 343 g/mol. The minimum Gasteiger partial charge on any atom is -0.313 e. The molecule has 4 saturated carbocycles. The summed E-state index contributed by atoms with van der Waals surface area (Å²) in [4.78, 5) is 0. The maximum absolute atomic E-state index is 4.15. The Labute approximate surface area is 156 Å². The van der Waals surface area contributed by atoms with Gasteiger partial charge in [0.05, 0.1) is 0 Å². The Morgan fingerprint density at radius 2 is 1.20 bits per heavy atom. The van der Waals surface area contributed by atoms with Crippen molar-refractivity contribution in [2.24, 2.45) is 35.0 Å². The molecule has 5 unspecified atom stereocenters. The molecule has 0 amide bonds. The Morgan fingerprint density at radius 3 is 1.96 bits per heavy atom. The second kappa shape index (κ2) is 7.17. The Balaban J connectivity index is 1.53. The molecule has 0 radical (unpaired) electrons. The van der Waals surface area contributed by atoms with Crippen LogP contribution in [0.5, 0.6) is 0 Å². The zero-order chi connectivity index (χ0) is 16.7. The Kier molecular flexibility index (Phi) is 4.90. The molecule has 5 aliphatic rings. The molecule has 1 heteroatoms. The van der Waals surface area contributed by atoms with E-state index in [-0.39, 0.29) is 0 Å². The van der Waals surface area contributed by atoms with Crippen molar-refractivity contribution in [3.8, 4) is 0 Å². The molecule has 1 nitrogen and oxygen atoms in total. The number of nitrogens with one attached hydrogen (secondary N) is 1. The van der Waals surface area contributed by atoms with Crippen LogP contribution in [0.15, 0.2) is 0 Å².